The van der Waals surface area contributed by atoms with E-state index in [1.807, 2.05) is 20.8 Å². The molecule has 2 nitrogen and oxygen atoms in total. The molecular formula is C5H13O2P. The van der Waals surface area contributed by atoms with E-state index in [2.05, 4.69) is 0 Å². The molecule has 0 aromatic carbocycles. The van der Waals surface area contributed by atoms with E-state index in [0.29, 0.717) is 6.61 Å². The predicted octanol–water partition coefficient (Wildman–Crippen LogP) is 1.74. The van der Waals surface area contributed by atoms with E-state index in [9.17, 15) is 0 Å². The molecule has 0 spiro atoms. The van der Waals surface area contributed by atoms with Gasteiger partial charge in [-0.1, -0.05) is 13.8 Å². The summed E-state index contributed by atoms with van der Waals surface area (Å²) < 4.78 is 4.92. The fraction of sp³-hybridized carbons (Fsp3) is 1.00. The zero-order valence-corrected chi connectivity index (χ0v) is 6.48. The molecule has 0 radical (unpaired) electrons. The van der Waals surface area contributed by atoms with Crippen LogP contribution in [0.3, 0.4) is 0 Å². The number of hydrogen-bond acceptors (Lipinski definition) is 2. The van der Waals surface area contributed by atoms with Gasteiger partial charge >= 0.3 is 0 Å². The van der Waals surface area contributed by atoms with Gasteiger partial charge in [0.15, 0.2) is 8.38 Å². The predicted molar refractivity (Wildman–Crippen MR) is 35.9 cm³/mol. The Balaban J connectivity index is 3.17. The molecule has 0 aliphatic carbocycles. The largest absolute Gasteiger partial charge is 0.350 e. The van der Waals surface area contributed by atoms with Crippen molar-refractivity contribution in [1.29, 1.82) is 0 Å². The van der Waals surface area contributed by atoms with Crippen LogP contribution < -0.4 is 0 Å². The van der Waals surface area contributed by atoms with Crippen molar-refractivity contribution in [1.82, 2.24) is 0 Å². The van der Waals surface area contributed by atoms with E-state index in [1.165, 1.54) is 0 Å². The maximum absolute atomic E-state index is 8.97. The molecule has 0 saturated heterocycles. The van der Waals surface area contributed by atoms with Gasteiger partial charge in [0.25, 0.3) is 0 Å². The first-order valence-corrected chi connectivity index (χ1v) is 4.07. The Morgan fingerprint density at radius 1 is 1.62 bits per heavy atom. The summed E-state index contributed by atoms with van der Waals surface area (Å²) in [5.74, 6) is 0. The van der Waals surface area contributed by atoms with Crippen LogP contribution in [0.2, 0.25) is 0 Å². The zero-order valence-electron chi connectivity index (χ0n) is 5.59. The average Bonchev–Trinajstić information content (AvgIpc) is 1.67. The molecule has 3 heteroatoms. The maximum Gasteiger partial charge on any atom is 0.170 e. The molecule has 0 fully saturated rings. The van der Waals surface area contributed by atoms with Crippen LogP contribution in [-0.4, -0.2) is 17.2 Å². The monoisotopic (exact) mass is 136 g/mol. The minimum atomic E-state index is -1.14. The maximum atomic E-state index is 8.97. The van der Waals surface area contributed by atoms with Crippen LogP contribution in [0.25, 0.3) is 0 Å². The van der Waals surface area contributed by atoms with Gasteiger partial charge in [-0.05, 0) is 6.92 Å². The second-order valence-electron chi connectivity index (χ2n) is 1.81. The molecule has 0 saturated carbocycles. The van der Waals surface area contributed by atoms with E-state index in [4.69, 9.17) is 9.42 Å². The highest BCUT2D eigenvalue weighted by Gasteiger charge is 2.07. The molecule has 0 amide bonds. The van der Waals surface area contributed by atoms with Crippen molar-refractivity contribution in [2.45, 2.75) is 26.4 Å². The van der Waals surface area contributed by atoms with Gasteiger partial charge in [0, 0.05) is 5.66 Å². The summed E-state index contributed by atoms with van der Waals surface area (Å²) in [5.41, 5.74) is 0.268. The van der Waals surface area contributed by atoms with Gasteiger partial charge in [0.05, 0.1) is 6.61 Å². The smallest absolute Gasteiger partial charge is 0.170 e. The lowest BCUT2D eigenvalue weighted by Gasteiger charge is -2.11. The summed E-state index contributed by atoms with van der Waals surface area (Å²) >= 11 is 0. The fourth-order valence-electron chi connectivity index (χ4n) is 0.281. The van der Waals surface area contributed by atoms with Crippen molar-refractivity contribution < 1.29 is 9.42 Å². The third-order valence-electron chi connectivity index (χ3n) is 0.703. The van der Waals surface area contributed by atoms with Gasteiger partial charge in [0.1, 0.15) is 0 Å². The van der Waals surface area contributed by atoms with Crippen LogP contribution in [0.1, 0.15) is 20.8 Å². The molecule has 0 heterocycles. The van der Waals surface area contributed by atoms with Crippen LogP contribution in [0.5, 0.6) is 0 Å². The van der Waals surface area contributed by atoms with Gasteiger partial charge in [-0.25, -0.2) is 0 Å². The SMILES string of the molecule is CCOP(O)C(C)C. The minimum absolute atomic E-state index is 0.268. The lowest BCUT2D eigenvalue weighted by molar-refractivity contribution is 0.324. The summed E-state index contributed by atoms with van der Waals surface area (Å²) in [6.45, 7) is 6.39. The number of hydrogen-bond donors (Lipinski definition) is 1. The molecule has 8 heavy (non-hydrogen) atoms. The molecule has 1 unspecified atom stereocenters. The molecule has 0 aromatic heterocycles. The third kappa shape index (κ3) is 3.36. The molecule has 1 atom stereocenters. The molecular weight excluding hydrogens is 123 g/mol. The Hall–Kier alpha value is 0.350. The van der Waals surface area contributed by atoms with E-state index in [-0.39, 0.29) is 5.66 Å². The average molecular weight is 136 g/mol. The van der Waals surface area contributed by atoms with E-state index in [1.54, 1.807) is 0 Å². The molecule has 0 aromatic rings. The Kier molecular flexibility index (Phi) is 4.44. The molecule has 1 N–H and O–H groups in total. The van der Waals surface area contributed by atoms with Gasteiger partial charge in [-0.3, -0.25) is 0 Å². The second-order valence-corrected chi connectivity index (χ2v) is 3.71. The van der Waals surface area contributed by atoms with E-state index in [0.717, 1.165) is 0 Å². The van der Waals surface area contributed by atoms with Crippen molar-refractivity contribution >= 4 is 8.38 Å². The fourth-order valence-corrected chi connectivity index (χ4v) is 0.844. The van der Waals surface area contributed by atoms with Crippen LogP contribution in [0, 0.1) is 0 Å². The van der Waals surface area contributed by atoms with Crippen molar-refractivity contribution in [3.8, 4) is 0 Å². The van der Waals surface area contributed by atoms with Gasteiger partial charge < -0.3 is 9.42 Å². The summed E-state index contributed by atoms with van der Waals surface area (Å²) in [5, 5.41) is 0. The van der Waals surface area contributed by atoms with Gasteiger partial charge in [0.2, 0.25) is 0 Å². The summed E-state index contributed by atoms with van der Waals surface area (Å²) in [6, 6.07) is 0. The van der Waals surface area contributed by atoms with Crippen LogP contribution in [0.15, 0.2) is 0 Å². The first-order valence-electron chi connectivity index (χ1n) is 2.79. The highest BCUT2D eigenvalue weighted by molar-refractivity contribution is 7.46. The van der Waals surface area contributed by atoms with E-state index >= 15 is 0 Å². The van der Waals surface area contributed by atoms with Gasteiger partial charge in [-0.15, -0.1) is 0 Å². The van der Waals surface area contributed by atoms with Crippen molar-refractivity contribution in [2.24, 2.45) is 0 Å². The standard InChI is InChI=1S/C5H13O2P/c1-4-7-8(6)5(2)3/h5-6H,4H2,1-3H3. The van der Waals surface area contributed by atoms with Crippen LogP contribution in [0.4, 0.5) is 0 Å². The molecule has 50 valence electrons. The number of rotatable bonds is 3. The molecule has 0 rings (SSSR count). The minimum Gasteiger partial charge on any atom is -0.350 e. The van der Waals surface area contributed by atoms with Crippen molar-refractivity contribution in [2.75, 3.05) is 6.61 Å². The lowest BCUT2D eigenvalue weighted by atomic mass is 10.6. The highest BCUT2D eigenvalue weighted by atomic mass is 31.2. The first-order chi connectivity index (χ1) is 3.68. The van der Waals surface area contributed by atoms with Crippen molar-refractivity contribution in [3.05, 3.63) is 0 Å². The lowest BCUT2D eigenvalue weighted by Crippen LogP contribution is -1.94. The molecule has 0 bridgehead atoms. The summed E-state index contributed by atoms with van der Waals surface area (Å²) in [6.07, 6.45) is 0. The Bertz CT molecular complexity index is 56.4. The zero-order chi connectivity index (χ0) is 6.57. The molecule has 0 aliphatic heterocycles. The quantitative estimate of drug-likeness (QED) is 0.599. The highest BCUT2D eigenvalue weighted by Crippen LogP contribution is 2.36. The Morgan fingerprint density at radius 2 is 2.12 bits per heavy atom. The van der Waals surface area contributed by atoms with Crippen molar-refractivity contribution in [3.63, 3.8) is 0 Å². The summed E-state index contributed by atoms with van der Waals surface area (Å²) in [4.78, 5) is 8.97. The van der Waals surface area contributed by atoms with Crippen LogP contribution in [-0.2, 0) is 4.52 Å². The summed E-state index contributed by atoms with van der Waals surface area (Å²) in [7, 11) is -1.14. The normalized spacial score (nSPS) is 14.6. The molecule has 0 aliphatic rings. The third-order valence-corrected chi connectivity index (χ3v) is 2.11. The topological polar surface area (TPSA) is 29.5 Å². The Labute approximate surface area is 51.8 Å². The Morgan fingerprint density at radius 3 is 2.25 bits per heavy atom. The second kappa shape index (κ2) is 4.25. The van der Waals surface area contributed by atoms with E-state index < -0.39 is 8.38 Å². The first kappa shape index (κ1) is 8.35. The van der Waals surface area contributed by atoms with Crippen LogP contribution >= 0.6 is 8.38 Å². The van der Waals surface area contributed by atoms with Gasteiger partial charge in [-0.2, -0.15) is 0 Å².